The molecule has 3 rings (SSSR count). The number of aromatic hydroxyl groups is 1. The van der Waals surface area contributed by atoms with E-state index in [9.17, 15) is 24.3 Å². The molecule has 0 unspecified atom stereocenters. The second kappa shape index (κ2) is 9.59. The normalized spacial score (nSPS) is 24.2. The van der Waals surface area contributed by atoms with Crippen molar-refractivity contribution in [1.82, 2.24) is 0 Å². The topological polar surface area (TPSA) is 116 Å². The summed E-state index contributed by atoms with van der Waals surface area (Å²) < 4.78 is 15.8. The maximum absolute atomic E-state index is 12.7. The van der Waals surface area contributed by atoms with Crippen molar-refractivity contribution in [2.24, 2.45) is 11.8 Å². The van der Waals surface area contributed by atoms with E-state index in [1.54, 1.807) is 18.2 Å². The zero-order valence-corrected chi connectivity index (χ0v) is 17.2. The van der Waals surface area contributed by atoms with Crippen LogP contribution in [0.5, 0.6) is 5.75 Å². The van der Waals surface area contributed by atoms with Crippen LogP contribution in [0.3, 0.4) is 0 Å². The third-order valence-electron chi connectivity index (χ3n) is 5.18. The minimum atomic E-state index is -0.973. The Labute approximate surface area is 179 Å². The highest BCUT2D eigenvalue weighted by atomic mass is 16.6. The van der Waals surface area contributed by atoms with Crippen LogP contribution in [0, 0.1) is 11.8 Å². The first-order chi connectivity index (χ1) is 14.7. The van der Waals surface area contributed by atoms with Crippen LogP contribution in [0.4, 0.5) is 0 Å². The number of benzene rings is 1. The van der Waals surface area contributed by atoms with Gasteiger partial charge >= 0.3 is 17.9 Å². The first-order valence-corrected chi connectivity index (χ1v) is 10.0. The highest BCUT2D eigenvalue weighted by molar-refractivity contribution is 5.93. The molecule has 1 N–H and O–H groups in total. The Kier molecular flexibility index (Phi) is 6.89. The first-order valence-electron chi connectivity index (χ1n) is 10.0. The van der Waals surface area contributed by atoms with Crippen LogP contribution >= 0.6 is 0 Å². The number of ketones is 1. The summed E-state index contributed by atoms with van der Waals surface area (Å²) in [5.74, 6) is -2.61. The fourth-order valence-electron chi connectivity index (χ4n) is 3.59. The molecule has 5 atom stereocenters. The van der Waals surface area contributed by atoms with Crippen molar-refractivity contribution in [2.75, 3.05) is 0 Å². The highest BCUT2D eigenvalue weighted by Crippen LogP contribution is 2.46. The molecule has 8 nitrogen and oxygen atoms in total. The number of phenolic OH excluding ortho intramolecular Hbond substituents is 1. The van der Waals surface area contributed by atoms with Gasteiger partial charge in [0.1, 0.15) is 18.0 Å². The van der Waals surface area contributed by atoms with Gasteiger partial charge in [-0.2, -0.15) is 0 Å². The molecular formula is C23H24O8. The van der Waals surface area contributed by atoms with Crippen LogP contribution in [-0.2, 0) is 33.4 Å². The predicted octanol–water partition coefficient (Wildman–Crippen LogP) is 2.35. The van der Waals surface area contributed by atoms with Crippen LogP contribution in [0.2, 0.25) is 0 Å². The van der Waals surface area contributed by atoms with Crippen molar-refractivity contribution in [3.63, 3.8) is 0 Å². The standard InChI is InChI=1S/C23H24O8/c1-13(29-21(27)11-8-15-6-9-16(25)10-7-15)22(28)17-12-18(17)23(30-14(2)24)19-4-3-5-20(26)31-19/h3,5-11,13,17-19,23,25H,4,12H2,1-2H3/b11-8+/t13-,17-,18-,19+,23-/m0/s1. The van der Waals surface area contributed by atoms with Crippen molar-refractivity contribution in [2.45, 2.75) is 45.0 Å². The molecule has 8 heteroatoms. The number of carbonyl (C=O) groups excluding carboxylic acids is 4. The number of phenols is 1. The third kappa shape index (κ3) is 6.04. The minimum Gasteiger partial charge on any atom is -0.508 e. The third-order valence-corrected chi connectivity index (χ3v) is 5.18. The van der Waals surface area contributed by atoms with Crippen LogP contribution in [0.25, 0.3) is 6.08 Å². The van der Waals surface area contributed by atoms with Gasteiger partial charge in [0, 0.05) is 37.3 Å². The minimum absolute atomic E-state index is 0.115. The highest BCUT2D eigenvalue weighted by Gasteiger charge is 2.53. The maximum Gasteiger partial charge on any atom is 0.331 e. The molecule has 0 radical (unpaired) electrons. The Hall–Kier alpha value is -3.42. The van der Waals surface area contributed by atoms with E-state index in [-0.39, 0.29) is 17.5 Å². The fraction of sp³-hybridized carbons (Fsp3) is 0.391. The number of rotatable bonds is 8. The van der Waals surface area contributed by atoms with Gasteiger partial charge < -0.3 is 19.3 Å². The lowest BCUT2D eigenvalue weighted by atomic mass is 10.0. The van der Waals surface area contributed by atoms with E-state index in [0.717, 1.165) is 0 Å². The van der Waals surface area contributed by atoms with E-state index < -0.39 is 42.1 Å². The second-order valence-corrected chi connectivity index (χ2v) is 7.60. The van der Waals surface area contributed by atoms with E-state index >= 15 is 0 Å². The Morgan fingerprint density at radius 3 is 2.55 bits per heavy atom. The predicted molar refractivity (Wildman–Crippen MR) is 108 cm³/mol. The molecule has 1 aliphatic carbocycles. The van der Waals surface area contributed by atoms with Crippen molar-refractivity contribution >= 4 is 29.8 Å². The maximum atomic E-state index is 12.7. The largest absolute Gasteiger partial charge is 0.508 e. The molecule has 2 aliphatic rings. The summed E-state index contributed by atoms with van der Waals surface area (Å²) in [7, 11) is 0. The molecule has 0 saturated heterocycles. The van der Waals surface area contributed by atoms with E-state index in [0.29, 0.717) is 18.4 Å². The number of carbonyl (C=O) groups is 4. The summed E-state index contributed by atoms with van der Waals surface area (Å²) >= 11 is 0. The monoisotopic (exact) mass is 428 g/mol. The van der Waals surface area contributed by atoms with Gasteiger partial charge in [0.2, 0.25) is 0 Å². The van der Waals surface area contributed by atoms with Gasteiger partial charge in [0.15, 0.2) is 11.9 Å². The molecule has 164 valence electrons. The van der Waals surface area contributed by atoms with E-state index in [4.69, 9.17) is 14.2 Å². The van der Waals surface area contributed by atoms with E-state index in [1.807, 2.05) is 0 Å². The Bertz CT molecular complexity index is 914. The second-order valence-electron chi connectivity index (χ2n) is 7.60. The van der Waals surface area contributed by atoms with Crippen LogP contribution in [0.15, 0.2) is 42.5 Å². The molecular weight excluding hydrogens is 404 g/mol. The van der Waals surface area contributed by atoms with Crippen molar-refractivity contribution < 1.29 is 38.5 Å². The van der Waals surface area contributed by atoms with E-state index in [1.165, 1.54) is 44.2 Å². The van der Waals surface area contributed by atoms with Crippen LogP contribution in [0.1, 0.15) is 32.3 Å². The summed E-state index contributed by atoms with van der Waals surface area (Å²) in [6.45, 7) is 2.76. The molecule has 0 aromatic heterocycles. The Balaban J connectivity index is 1.56. The van der Waals surface area contributed by atoms with Crippen molar-refractivity contribution in [3.8, 4) is 5.75 Å². The smallest absolute Gasteiger partial charge is 0.331 e. The number of esters is 3. The zero-order chi connectivity index (χ0) is 22.5. The first kappa shape index (κ1) is 22.3. The van der Waals surface area contributed by atoms with Gasteiger partial charge in [-0.1, -0.05) is 18.2 Å². The number of ether oxygens (including phenoxy) is 3. The molecule has 0 bridgehead atoms. The molecule has 0 spiro atoms. The lowest BCUT2D eigenvalue weighted by Crippen LogP contribution is -2.38. The fourth-order valence-corrected chi connectivity index (χ4v) is 3.59. The Morgan fingerprint density at radius 1 is 1.19 bits per heavy atom. The van der Waals surface area contributed by atoms with Crippen molar-refractivity contribution in [3.05, 3.63) is 48.1 Å². The summed E-state index contributed by atoms with van der Waals surface area (Å²) in [5.41, 5.74) is 0.691. The number of hydrogen-bond donors (Lipinski definition) is 1. The van der Waals surface area contributed by atoms with Gasteiger partial charge in [-0.15, -0.1) is 0 Å². The summed E-state index contributed by atoms with van der Waals surface area (Å²) in [4.78, 5) is 47.8. The lowest BCUT2D eigenvalue weighted by molar-refractivity contribution is -0.167. The van der Waals surface area contributed by atoms with Crippen molar-refractivity contribution in [1.29, 1.82) is 0 Å². The van der Waals surface area contributed by atoms with Gasteiger partial charge in [0.25, 0.3) is 0 Å². The van der Waals surface area contributed by atoms with Gasteiger partial charge in [-0.05, 0) is 37.1 Å². The van der Waals surface area contributed by atoms with Crippen LogP contribution in [-0.4, -0.2) is 47.1 Å². The summed E-state index contributed by atoms with van der Waals surface area (Å²) in [6, 6.07) is 6.24. The molecule has 1 aromatic rings. The zero-order valence-electron chi connectivity index (χ0n) is 17.2. The molecule has 1 heterocycles. The number of Topliss-reactive ketones (excluding diaryl/α,β-unsaturated/α-hetero) is 1. The Morgan fingerprint density at radius 2 is 1.90 bits per heavy atom. The summed E-state index contributed by atoms with van der Waals surface area (Å²) in [6.07, 6.45) is 4.19. The molecule has 31 heavy (non-hydrogen) atoms. The number of hydrogen-bond acceptors (Lipinski definition) is 8. The molecule has 1 aromatic carbocycles. The SMILES string of the molecule is CC(=O)O[C@@H]([C@H]1C[C@@H]1C(=O)[C@H](C)OC(=O)/C=C/c1ccc(O)cc1)[C@H]1CC=CC(=O)O1. The number of cyclic esters (lactones) is 1. The van der Waals surface area contributed by atoms with Crippen LogP contribution < -0.4 is 0 Å². The van der Waals surface area contributed by atoms with Gasteiger partial charge in [-0.3, -0.25) is 9.59 Å². The summed E-state index contributed by atoms with van der Waals surface area (Å²) in [5, 5.41) is 9.27. The molecule has 1 aliphatic heterocycles. The average molecular weight is 428 g/mol. The average Bonchev–Trinajstić information content (AvgIpc) is 3.51. The molecule has 1 fully saturated rings. The quantitative estimate of drug-likeness (QED) is 0.381. The van der Waals surface area contributed by atoms with Gasteiger partial charge in [-0.25, -0.2) is 9.59 Å². The van der Waals surface area contributed by atoms with E-state index in [2.05, 4.69) is 0 Å². The van der Waals surface area contributed by atoms with Gasteiger partial charge in [0.05, 0.1) is 0 Å². The lowest BCUT2D eigenvalue weighted by Gasteiger charge is -2.27. The molecule has 1 saturated carbocycles. The molecule has 0 amide bonds.